The van der Waals surface area contributed by atoms with Crippen molar-refractivity contribution in [1.29, 1.82) is 0 Å². The summed E-state index contributed by atoms with van der Waals surface area (Å²) >= 11 is 0. The van der Waals surface area contributed by atoms with E-state index in [1.165, 1.54) is 0 Å². The predicted molar refractivity (Wildman–Crippen MR) is 117 cm³/mol. The molecule has 1 unspecified atom stereocenters. The minimum Gasteiger partial charge on any atom is -0.444 e. The first kappa shape index (κ1) is 22.8. The predicted octanol–water partition coefficient (Wildman–Crippen LogP) is 2.52. The molecular weight excluding hydrogens is 383 g/mol. The van der Waals surface area contributed by atoms with Gasteiger partial charge in [0.1, 0.15) is 5.60 Å². The molecule has 2 fully saturated rings. The molecule has 3 heterocycles. The lowest BCUT2D eigenvalue weighted by Gasteiger charge is -2.33. The van der Waals surface area contributed by atoms with Crippen LogP contribution in [-0.2, 0) is 14.0 Å². The lowest BCUT2D eigenvalue weighted by molar-refractivity contribution is 0.00578. The van der Waals surface area contributed by atoms with Gasteiger partial charge in [-0.3, -0.25) is 0 Å². The van der Waals surface area contributed by atoms with Crippen molar-refractivity contribution >= 4 is 24.6 Å². The number of ether oxygens (including phenoxy) is 1. The highest BCUT2D eigenvalue weighted by molar-refractivity contribution is 6.61. The molecule has 2 saturated heterocycles. The Labute approximate surface area is 180 Å². The summed E-state index contributed by atoms with van der Waals surface area (Å²) in [5, 5.41) is 2.88. The van der Waals surface area contributed by atoms with E-state index in [2.05, 4.69) is 20.2 Å². The van der Waals surface area contributed by atoms with Gasteiger partial charge in [0.2, 0.25) is 5.95 Å². The molecule has 3 rings (SSSR count). The number of carbonyl (C=O) groups is 1. The number of aromatic nitrogens is 2. The second-order valence-electron chi connectivity index (χ2n) is 10.2. The van der Waals surface area contributed by atoms with Crippen molar-refractivity contribution in [2.45, 2.75) is 78.1 Å². The smallest absolute Gasteiger partial charge is 0.444 e. The van der Waals surface area contributed by atoms with Gasteiger partial charge < -0.3 is 24.3 Å². The number of nitrogens with one attached hydrogen (secondary N) is 1. The molecule has 0 radical (unpaired) electrons. The third kappa shape index (κ3) is 5.43. The van der Waals surface area contributed by atoms with E-state index in [-0.39, 0.29) is 6.09 Å². The first-order valence-corrected chi connectivity index (χ1v) is 10.8. The van der Waals surface area contributed by atoms with Gasteiger partial charge in [0.25, 0.3) is 0 Å². The Hall–Kier alpha value is -1.87. The number of nitrogens with zero attached hydrogens (tertiary/aromatic N) is 3. The number of carbonyl (C=O) groups excluding carboxylic acids is 1. The third-order valence-corrected chi connectivity index (χ3v) is 5.92. The summed E-state index contributed by atoms with van der Waals surface area (Å²) in [4.78, 5) is 23.2. The van der Waals surface area contributed by atoms with Gasteiger partial charge in [-0.15, -0.1) is 0 Å². The lowest BCUT2D eigenvalue weighted by Crippen LogP contribution is -2.43. The first-order chi connectivity index (χ1) is 13.9. The summed E-state index contributed by atoms with van der Waals surface area (Å²) < 4.78 is 17.5. The van der Waals surface area contributed by atoms with Crippen LogP contribution in [0.3, 0.4) is 0 Å². The van der Waals surface area contributed by atoms with Gasteiger partial charge in [-0.1, -0.05) is 0 Å². The zero-order chi connectivity index (χ0) is 22.2. The SMILES string of the molecule is CC(C)(C)OC(=O)NCC1CCCN(c2ncc(B3OC(C)(C)C(C)(C)O3)cn2)C1. The molecule has 8 nitrogen and oxygen atoms in total. The van der Waals surface area contributed by atoms with Crippen molar-refractivity contribution in [2.24, 2.45) is 5.92 Å². The van der Waals surface area contributed by atoms with Crippen molar-refractivity contribution in [3.05, 3.63) is 12.4 Å². The van der Waals surface area contributed by atoms with Crippen LogP contribution in [-0.4, -0.2) is 59.6 Å². The van der Waals surface area contributed by atoms with Crippen LogP contribution in [0, 0.1) is 5.92 Å². The highest BCUT2D eigenvalue weighted by atomic mass is 16.7. The molecule has 0 aromatic carbocycles. The number of hydrogen-bond donors (Lipinski definition) is 1. The molecule has 1 N–H and O–H groups in total. The molecule has 1 atom stereocenters. The molecule has 2 aliphatic heterocycles. The number of anilines is 1. The third-order valence-electron chi connectivity index (χ3n) is 5.92. The molecule has 1 aromatic rings. The molecule has 1 aromatic heterocycles. The maximum absolute atomic E-state index is 11.9. The first-order valence-electron chi connectivity index (χ1n) is 10.8. The number of amides is 1. The molecule has 9 heteroatoms. The van der Waals surface area contributed by atoms with E-state index < -0.39 is 23.9 Å². The fourth-order valence-electron chi connectivity index (χ4n) is 3.55. The highest BCUT2D eigenvalue weighted by Crippen LogP contribution is 2.36. The summed E-state index contributed by atoms with van der Waals surface area (Å²) in [5.41, 5.74) is -0.456. The van der Waals surface area contributed by atoms with Gasteiger partial charge in [0.15, 0.2) is 0 Å². The van der Waals surface area contributed by atoms with Gasteiger partial charge >= 0.3 is 13.2 Å². The monoisotopic (exact) mass is 418 g/mol. The summed E-state index contributed by atoms with van der Waals surface area (Å²) in [6, 6.07) is 0. The highest BCUT2D eigenvalue weighted by Gasteiger charge is 2.52. The Balaban J connectivity index is 1.56. The van der Waals surface area contributed by atoms with Crippen molar-refractivity contribution in [2.75, 3.05) is 24.5 Å². The maximum Gasteiger partial charge on any atom is 0.498 e. The van der Waals surface area contributed by atoms with E-state index in [1.807, 2.05) is 48.5 Å². The standard InChI is InChI=1S/C21H35BN4O4/c1-19(2,3)28-18(27)25-11-15-9-8-10-26(14-15)17-23-12-16(13-24-17)22-29-20(4,5)21(6,7)30-22/h12-13,15H,8-11,14H2,1-7H3,(H,25,27). The molecule has 0 aliphatic carbocycles. The van der Waals surface area contributed by atoms with Crippen LogP contribution in [0.4, 0.5) is 10.7 Å². The molecule has 166 valence electrons. The summed E-state index contributed by atoms with van der Waals surface area (Å²) in [5.74, 6) is 1.02. The summed E-state index contributed by atoms with van der Waals surface area (Å²) in [6.07, 6.45) is 5.28. The maximum atomic E-state index is 11.9. The van der Waals surface area contributed by atoms with Crippen molar-refractivity contribution in [1.82, 2.24) is 15.3 Å². The van der Waals surface area contributed by atoms with Crippen LogP contribution >= 0.6 is 0 Å². The lowest BCUT2D eigenvalue weighted by atomic mass is 9.81. The molecule has 0 spiro atoms. The summed E-state index contributed by atoms with van der Waals surface area (Å²) in [7, 11) is -0.462. The zero-order valence-corrected chi connectivity index (χ0v) is 19.3. The molecule has 0 saturated carbocycles. The second-order valence-corrected chi connectivity index (χ2v) is 10.2. The van der Waals surface area contributed by atoms with Gasteiger partial charge in [-0.25, -0.2) is 14.8 Å². The quantitative estimate of drug-likeness (QED) is 0.752. The van der Waals surface area contributed by atoms with Gasteiger partial charge in [0.05, 0.1) is 11.2 Å². The number of piperidine rings is 1. The van der Waals surface area contributed by atoms with Gasteiger partial charge in [-0.05, 0) is 67.2 Å². The van der Waals surface area contributed by atoms with Crippen LogP contribution in [0.25, 0.3) is 0 Å². The Bertz CT molecular complexity index is 732. The Kier molecular flexibility index (Phi) is 6.34. The van der Waals surface area contributed by atoms with E-state index >= 15 is 0 Å². The van der Waals surface area contributed by atoms with E-state index in [9.17, 15) is 4.79 Å². The van der Waals surface area contributed by atoms with Crippen LogP contribution in [0.15, 0.2) is 12.4 Å². The topological polar surface area (TPSA) is 85.8 Å². The van der Waals surface area contributed by atoms with Crippen LogP contribution < -0.4 is 15.7 Å². The average molecular weight is 418 g/mol. The van der Waals surface area contributed by atoms with Crippen molar-refractivity contribution in [3.63, 3.8) is 0 Å². The number of hydrogen-bond acceptors (Lipinski definition) is 7. The van der Waals surface area contributed by atoms with Gasteiger partial charge in [-0.2, -0.15) is 0 Å². The zero-order valence-electron chi connectivity index (χ0n) is 19.3. The molecule has 30 heavy (non-hydrogen) atoms. The summed E-state index contributed by atoms with van der Waals surface area (Å²) in [6.45, 7) is 16.0. The molecule has 1 amide bonds. The average Bonchev–Trinajstić information content (AvgIpc) is 2.86. The van der Waals surface area contributed by atoms with E-state index in [0.29, 0.717) is 18.4 Å². The Morgan fingerprint density at radius 1 is 1.23 bits per heavy atom. The van der Waals surface area contributed by atoms with Crippen molar-refractivity contribution in [3.8, 4) is 0 Å². The molecule has 0 bridgehead atoms. The van der Waals surface area contributed by atoms with Crippen molar-refractivity contribution < 1.29 is 18.8 Å². The van der Waals surface area contributed by atoms with Crippen LogP contribution in [0.1, 0.15) is 61.3 Å². The molecule has 2 aliphatic rings. The normalized spacial score (nSPS) is 23.4. The number of alkyl carbamates (subject to hydrolysis) is 1. The fourth-order valence-corrected chi connectivity index (χ4v) is 3.55. The molecular formula is C21H35BN4O4. The minimum absolute atomic E-state index is 0.331. The fraction of sp³-hybridized carbons (Fsp3) is 0.762. The minimum atomic E-state index is -0.491. The Morgan fingerprint density at radius 2 is 1.83 bits per heavy atom. The van der Waals surface area contributed by atoms with Crippen LogP contribution in [0.5, 0.6) is 0 Å². The van der Waals surface area contributed by atoms with E-state index in [4.69, 9.17) is 14.0 Å². The Morgan fingerprint density at radius 3 is 2.40 bits per heavy atom. The second kappa shape index (κ2) is 8.34. The van der Waals surface area contributed by atoms with E-state index in [0.717, 1.165) is 31.4 Å². The largest absolute Gasteiger partial charge is 0.498 e. The van der Waals surface area contributed by atoms with Crippen LogP contribution in [0.2, 0.25) is 0 Å². The van der Waals surface area contributed by atoms with E-state index in [1.54, 1.807) is 12.4 Å². The number of rotatable bonds is 4. The van der Waals surface area contributed by atoms with Gasteiger partial charge in [0, 0.05) is 37.5 Å².